The first-order valence-corrected chi connectivity index (χ1v) is 7.01. The molecule has 0 heterocycles. The Morgan fingerprint density at radius 1 is 1.39 bits per heavy atom. The van der Waals surface area contributed by atoms with Crippen LogP contribution in [-0.2, 0) is 4.79 Å². The second-order valence-electron chi connectivity index (χ2n) is 4.51. The molecule has 0 aliphatic carbocycles. The van der Waals surface area contributed by atoms with Gasteiger partial charge in [0.25, 0.3) is 0 Å². The van der Waals surface area contributed by atoms with Gasteiger partial charge in [-0.2, -0.15) is 0 Å². The lowest BCUT2D eigenvalue weighted by atomic mass is 9.97. The van der Waals surface area contributed by atoms with E-state index in [-0.39, 0.29) is 24.5 Å². The molecule has 1 unspecified atom stereocenters. The Kier molecular flexibility index (Phi) is 6.36. The van der Waals surface area contributed by atoms with E-state index in [9.17, 15) is 4.79 Å². The van der Waals surface area contributed by atoms with Crippen LogP contribution in [0.1, 0.15) is 38.2 Å². The van der Waals surface area contributed by atoms with Crippen LogP contribution in [-0.4, -0.2) is 23.7 Å². The molecule has 2 atom stereocenters. The number of nitrogens with one attached hydrogen (secondary N) is 1. The van der Waals surface area contributed by atoms with Crippen LogP contribution in [0, 0.1) is 0 Å². The molecule has 0 saturated carbocycles. The van der Waals surface area contributed by atoms with Gasteiger partial charge in [-0.15, -0.1) is 0 Å². The number of benzene rings is 1. The first-order chi connectivity index (χ1) is 8.56. The van der Waals surface area contributed by atoms with Gasteiger partial charge in [0, 0.05) is 10.9 Å². The third-order valence-corrected chi connectivity index (χ3v) is 3.54. The maximum Gasteiger partial charge on any atom is 0.220 e. The molecule has 0 spiro atoms. The fraction of sp³-hybridized carbons (Fsp3) is 0.500. The summed E-state index contributed by atoms with van der Waals surface area (Å²) in [4.78, 5) is 11.8. The molecule has 0 aliphatic rings. The van der Waals surface area contributed by atoms with E-state index in [4.69, 9.17) is 5.11 Å². The summed E-state index contributed by atoms with van der Waals surface area (Å²) in [5, 5.41) is 11.9. The minimum atomic E-state index is -0.130. The van der Waals surface area contributed by atoms with Crippen molar-refractivity contribution >= 4 is 21.8 Å². The summed E-state index contributed by atoms with van der Waals surface area (Å²) < 4.78 is 1.04. The van der Waals surface area contributed by atoms with Gasteiger partial charge in [-0.3, -0.25) is 4.79 Å². The zero-order chi connectivity index (χ0) is 13.5. The number of hydrogen-bond donors (Lipinski definition) is 2. The van der Waals surface area contributed by atoms with Crippen molar-refractivity contribution in [3.63, 3.8) is 0 Å². The summed E-state index contributed by atoms with van der Waals surface area (Å²) in [6.07, 6.45) is 1.19. The van der Waals surface area contributed by atoms with Crippen molar-refractivity contribution in [2.45, 2.75) is 38.6 Å². The number of rotatable bonds is 6. The second-order valence-corrected chi connectivity index (χ2v) is 5.43. The van der Waals surface area contributed by atoms with Crippen LogP contribution in [0.5, 0.6) is 0 Å². The van der Waals surface area contributed by atoms with Gasteiger partial charge in [0.15, 0.2) is 0 Å². The average molecular weight is 314 g/mol. The summed E-state index contributed by atoms with van der Waals surface area (Å²) in [7, 11) is 0. The van der Waals surface area contributed by atoms with E-state index in [0.29, 0.717) is 6.42 Å². The van der Waals surface area contributed by atoms with Crippen molar-refractivity contribution in [2.75, 3.05) is 6.61 Å². The maximum atomic E-state index is 11.8. The van der Waals surface area contributed by atoms with Gasteiger partial charge < -0.3 is 10.4 Å². The second kappa shape index (κ2) is 7.54. The predicted octanol–water partition coefficient (Wildman–Crippen LogP) is 2.83. The highest BCUT2D eigenvalue weighted by Gasteiger charge is 2.14. The van der Waals surface area contributed by atoms with Gasteiger partial charge in [0.05, 0.1) is 12.6 Å². The molecule has 0 fully saturated rings. The molecular weight excluding hydrogens is 294 g/mol. The third kappa shape index (κ3) is 4.78. The van der Waals surface area contributed by atoms with E-state index < -0.39 is 0 Å². The molecule has 2 N–H and O–H groups in total. The van der Waals surface area contributed by atoms with Crippen LogP contribution in [0.15, 0.2) is 28.7 Å². The summed E-state index contributed by atoms with van der Waals surface area (Å²) in [6.45, 7) is 3.97. The zero-order valence-corrected chi connectivity index (χ0v) is 12.4. The minimum Gasteiger partial charge on any atom is -0.394 e. The Balaban J connectivity index is 2.51. The van der Waals surface area contributed by atoms with Gasteiger partial charge in [-0.05, 0) is 30.0 Å². The van der Waals surface area contributed by atoms with E-state index in [1.54, 1.807) is 0 Å². The SMILES string of the molecule is CC[C@H](CO)NC(=O)CC(C)c1ccc(Br)cc1. The van der Waals surface area contributed by atoms with Crippen LogP contribution in [0.25, 0.3) is 0 Å². The molecule has 0 aliphatic heterocycles. The highest BCUT2D eigenvalue weighted by Crippen LogP contribution is 2.21. The smallest absolute Gasteiger partial charge is 0.220 e. The topological polar surface area (TPSA) is 49.3 Å². The summed E-state index contributed by atoms with van der Waals surface area (Å²) in [5.74, 6) is 0.167. The van der Waals surface area contributed by atoms with Crippen molar-refractivity contribution < 1.29 is 9.90 Å². The van der Waals surface area contributed by atoms with Crippen LogP contribution in [0.2, 0.25) is 0 Å². The van der Waals surface area contributed by atoms with E-state index in [0.717, 1.165) is 16.5 Å². The lowest BCUT2D eigenvalue weighted by molar-refractivity contribution is -0.122. The number of carbonyl (C=O) groups excluding carboxylic acids is 1. The zero-order valence-electron chi connectivity index (χ0n) is 10.8. The summed E-state index contributed by atoms with van der Waals surface area (Å²) in [6, 6.07) is 7.87. The molecule has 18 heavy (non-hydrogen) atoms. The van der Waals surface area contributed by atoms with E-state index in [2.05, 4.69) is 21.2 Å². The maximum absolute atomic E-state index is 11.8. The predicted molar refractivity (Wildman–Crippen MR) is 76.5 cm³/mol. The van der Waals surface area contributed by atoms with Crippen LogP contribution in [0.4, 0.5) is 0 Å². The number of amides is 1. The van der Waals surface area contributed by atoms with Gasteiger partial charge >= 0.3 is 0 Å². The normalized spacial score (nSPS) is 14.0. The standard InChI is InChI=1S/C14H20BrNO2/c1-3-13(9-17)16-14(18)8-10(2)11-4-6-12(15)7-5-11/h4-7,10,13,17H,3,8-9H2,1-2H3,(H,16,18)/t10?,13-/m1/s1. The summed E-state index contributed by atoms with van der Waals surface area (Å²) >= 11 is 3.39. The Bertz CT molecular complexity index is 374. The molecule has 4 heteroatoms. The molecule has 100 valence electrons. The number of carbonyl (C=O) groups is 1. The molecule has 3 nitrogen and oxygen atoms in total. The lowest BCUT2D eigenvalue weighted by Crippen LogP contribution is -2.37. The van der Waals surface area contributed by atoms with Crippen molar-refractivity contribution in [2.24, 2.45) is 0 Å². The fourth-order valence-electron chi connectivity index (χ4n) is 1.75. The molecule has 1 amide bonds. The van der Waals surface area contributed by atoms with Crippen LogP contribution >= 0.6 is 15.9 Å². The largest absolute Gasteiger partial charge is 0.394 e. The Morgan fingerprint density at radius 2 is 2.00 bits per heavy atom. The van der Waals surface area contributed by atoms with Gasteiger partial charge in [0.1, 0.15) is 0 Å². The van der Waals surface area contributed by atoms with Crippen molar-refractivity contribution in [3.05, 3.63) is 34.3 Å². The van der Waals surface area contributed by atoms with Crippen molar-refractivity contribution in [1.82, 2.24) is 5.32 Å². The van der Waals surface area contributed by atoms with Crippen LogP contribution < -0.4 is 5.32 Å². The third-order valence-electron chi connectivity index (χ3n) is 3.01. The molecule has 1 rings (SSSR count). The van der Waals surface area contributed by atoms with Gasteiger partial charge in [-0.1, -0.05) is 41.9 Å². The van der Waals surface area contributed by atoms with E-state index in [1.165, 1.54) is 0 Å². The monoisotopic (exact) mass is 313 g/mol. The van der Waals surface area contributed by atoms with Crippen molar-refractivity contribution in [1.29, 1.82) is 0 Å². The molecule has 1 aromatic rings. The molecule has 0 bridgehead atoms. The molecule has 0 saturated heterocycles. The molecular formula is C14H20BrNO2. The quantitative estimate of drug-likeness (QED) is 0.848. The first-order valence-electron chi connectivity index (χ1n) is 6.22. The van der Waals surface area contributed by atoms with E-state index in [1.807, 2.05) is 38.1 Å². The Hall–Kier alpha value is -0.870. The lowest BCUT2D eigenvalue weighted by Gasteiger charge is -2.16. The fourth-order valence-corrected chi connectivity index (χ4v) is 2.01. The molecule has 1 aromatic carbocycles. The number of aliphatic hydroxyl groups is 1. The number of hydrogen-bond acceptors (Lipinski definition) is 2. The van der Waals surface area contributed by atoms with Crippen molar-refractivity contribution in [3.8, 4) is 0 Å². The first kappa shape index (κ1) is 15.2. The van der Waals surface area contributed by atoms with Gasteiger partial charge in [-0.25, -0.2) is 0 Å². The van der Waals surface area contributed by atoms with Crippen LogP contribution in [0.3, 0.4) is 0 Å². The average Bonchev–Trinajstić information content (AvgIpc) is 2.36. The minimum absolute atomic E-state index is 0.00505. The highest BCUT2D eigenvalue weighted by atomic mass is 79.9. The highest BCUT2D eigenvalue weighted by molar-refractivity contribution is 9.10. The molecule has 0 radical (unpaired) electrons. The Labute approximate surface area is 117 Å². The molecule has 0 aromatic heterocycles. The number of halogens is 1. The summed E-state index contributed by atoms with van der Waals surface area (Å²) in [5.41, 5.74) is 1.14. The Morgan fingerprint density at radius 3 is 2.50 bits per heavy atom. The number of aliphatic hydroxyl groups excluding tert-OH is 1. The van der Waals surface area contributed by atoms with Gasteiger partial charge in [0.2, 0.25) is 5.91 Å². The van der Waals surface area contributed by atoms with E-state index >= 15 is 0 Å².